The first kappa shape index (κ1) is 24.7. The first-order chi connectivity index (χ1) is 16.5. The number of anilines is 1. The Hall–Kier alpha value is -3.39. The number of sulfonamides is 1. The second-order valence-corrected chi connectivity index (χ2v) is 11.2. The molecule has 1 aliphatic heterocycles. The molecule has 0 unspecified atom stereocenters. The van der Waals surface area contributed by atoms with Crippen LogP contribution in [0.3, 0.4) is 0 Å². The number of ketones is 1. The Bertz CT molecular complexity index is 1410. The van der Waals surface area contributed by atoms with Crippen LogP contribution in [0.1, 0.15) is 62.2 Å². The molecule has 1 aromatic heterocycles. The fourth-order valence-corrected chi connectivity index (χ4v) is 5.72. The molecular formula is C27H31N3O4S. The van der Waals surface area contributed by atoms with Crippen LogP contribution in [0.15, 0.2) is 59.5 Å². The average Bonchev–Trinajstić information content (AvgIpc) is 3.14. The predicted octanol–water partition coefficient (Wildman–Crippen LogP) is 5.02. The lowest BCUT2D eigenvalue weighted by molar-refractivity contribution is -0.116. The molecule has 4 rings (SSSR count). The van der Waals surface area contributed by atoms with Crippen LogP contribution in [-0.4, -0.2) is 31.3 Å². The van der Waals surface area contributed by atoms with Crippen molar-refractivity contribution in [3.8, 4) is 11.3 Å². The molecule has 3 aromatic rings. The number of benzene rings is 2. The van der Waals surface area contributed by atoms with Crippen LogP contribution in [0.5, 0.6) is 0 Å². The fraction of sp³-hybridized carbons (Fsp3) is 0.333. The van der Waals surface area contributed by atoms with Gasteiger partial charge in [-0.25, -0.2) is 9.51 Å². The van der Waals surface area contributed by atoms with E-state index in [4.69, 9.17) is 0 Å². The van der Waals surface area contributed by atoms with Gasteiger partial charge >= 0.3 is 0 Å². The number of amides is 1. The summed E-state index contributed by atoms with van der Waals surface area (Å²) in [5.41, 5.74) is 4.02. The van der Waals surface area contributed by atoms with Crippen LogP contribution in [-0.2, 0) is 20.2 Å². The van der Waals surface area contributed by atoms with Crippen molar-refractivity contribution >= 4 is 27.4 Å². The number of nitrogens with zero attached hydrogens (tertiary/aromatic N) is 2. The summed E-state index contributed by atoms with van der Waals surface area (Å²) >= 11 is 0. The van der Waals surface area contributed by atoms with Crippen LogP contribution in [0.25, 0.3) is 11.3 Å². The summed E-state index contributed by atoms with van der Waals surface area (Å²) in [5, 5.41) is 0. The molecule has 184 valence electrons. The third-order valence-electron chi connectivity index (χ3n) is 6.79. The maximum Gasteiger partial charge on any atom is 0.275 e. The number of hydrogen-bond acceptors (Lipinski definition) is 4. The lowest BCUT2D eigenvalue weighted by atomic mass is 9.77. The van der Waals surface area contributed by atoms with Gasteiger partial charge in [-0.15, -0.1) is 0 Å². The molecule has 35 heavy (non-hydrogen) atoms. The summed E-state index contributed by atoms with van der Waals surface area (Å²) in [4.78, 5) is 29.5. The molecule has 0 spiro atoms. The Labute approximate surface area is 206 Å². The van der Waals surface area contributed by atoms with E-state index in [-0.39, 0.29) is 22.0 Å². The van der Waals surface area contributed by atoms with E-state index < -0.39 is 10.0 Å². The highest BCUT2D eigenvalue weighted by Crippen LogP contribution is 2.42. The van der Waals surface area contributed by atoms with Gasteiger partial charge in [-0.3, -0.25) is 9.59 Å². The van der Waals surface area contributed by atoms with E-state index in [1.54, 1.807) is 49.9 Å². The van der Waals surface area contributed by atoms with Gasteiger partial charge in [-0.2, -0.15) is 8.42 Å². The van der Waals surface area contributed by atoms with Crippen molar-refractivity contribution in [1.29, 1.82) is 0 Å². The van der Waals surface area contributed by atoms with E-state index in [1.807, 2.05) is 18.2 Å². The highest BCUT2D eigenvalue weighted by Gasteiger charge is 2.33. The third-order valence-corrected chi connectivity index (χ3v) is 8.10. The Morgan fingerprint density at radius 3 is 2.37 bits per heavy atom. The van der Waals surface area contributed by atoms with Crippen molar-refractivity contribution < 1.29 is 18.0 Å². The number of fused-ring (bicyclic) bond motifs is 1. The summed E-state index contributed by atoms with van der Waals surface area (Å²) in [7, 11) is -3.90. The molecule has 1 aliphatic rings. The normalized spacial score (nSPS) is 14.9. The maximum atomic E-state index is 13.2. The molecule has 0 saturated heterocycles. The Morgan fingerprint density at radius 2 is 1.74 bits per heavy atom. The summed E-state index contributed by atoms with van der Waals surface area (Å²) in [5.74, 6) is -0.0809. The molecule has 0 fully saturated rings. The molecule has 1 N–H and O–H groups in total. The molecular weight excluding hydrogens is 462 g/mol. The lowest BCUT2D eigenvalue weighted by Crippen LogP contribution is -2.39. The molecule has 2 heterocycles. The predicted molar refractivity (Wildman–Crippen MR) is 138 cm³/mol. The standard InChI is InChI=1S/C27H31N3O4S/c1-6-26(32)22-17-25(30(18(22)2)28-35(33,34)21-10-8-7-9-11-21)20-12-13-24-23(16-20)27(4,5)14-15-29(24)19(3)31/h7-13,16-17,28H,6,14-15H2,1-5H3. The van der Waals surface area contributed by atoms with Crippen LogP contribution in [0.2, 0.25) is 0 Å². The zero-order valence-electron chi connectivity index (χ0n) is 20.8. The number of aromatic nitrogens is 1. The molecule has 2 aromatic carbocycles. The molecule has 0 radical (unpaired) electrons. The molecule has 0 bridgehead atoms. The number of carbonyl (C=O) groups is 2. The smallest absolute Gasteiger partial charge is 0.275 e. The Kier molecular flexibility index (Phi) is 6.36. The monoisotopic (exact) mass is 493 g/mol. The zero-order chi connectivity index (χ0) is 25.5. The SMILES string of the molecule is CCC(=O)c1cc(-c2ccc3c(c2)C(C)(C)CCN3C(C)=O)n(NS(=O)(=O)c2ccccc2)c1C. The third kappa shape index (κ3) is 4.50. The minimum absolute atomic E-state index is 0.0137. The summed E-state index contributed by atoms with van der Waals surface area (Å²) in [6.07, 6.45) is 1.11. The van der Waals surface area contributed by atoms with Crippen LogP contribution >= 0.6 is 0 Å². The van der Waals surface area contributed by atoms with Crippen molar-refractivity contribution in [3.63, 3.8) is 0 Å². The summed E-state index contributed by atoms with van der Waals surface area (Å²) in [6.45, 7) is 10.0. The van der Waals surface area contributed by atoms with Crippen molar-refractivity contribution in [3.05, 3.63) is 71.4 Å². The maximum absolute atomic E-state index is 13.2. The van der Waals surface area contributed by atoms with Crippen molar-refractivity contribution in [2.45, 2.75) is 57.8 Å². The average molecular weight is 494 g/mol. The quantitative estimate of drug-likeness (QED) is 0.488. The largest absolute Gasteiger partial charge is 0.312 e. The van der Waals surface area contributed by atoms with E-state index in [9.17, 15) is 18.0 Å². The first-order valence-electron chi connectivity index (χ1n) is 11.7. The number of nitrogens with one attached hydrogen (secondary N) is 1. The van der Waals surface area contributed by atoms with Gasteiger partial charge in [-0.05, 0) is 54.7 Å². The number of carbonyl (C=O) groups excluding carboxylic acids is 2. The Morgan fingerprint density at radius 1 is 1.06 bits per heavy atom. The van der Waals surface area contributed by atoms with Gasteiger partial charge in [0.05, 0.1) is 10.6 Å². The minimum atomic E-state index is -3.90. The molecule has 0 saturated carbocycles. The van der Waals surface area contributed by atoms with E-state index in [0.29, 0.717) is 29.9 Å². The highest BCUT2D eigenvalue weighted by molar-refractivity contribution is 7.92. The van der Waals surface area contributed by atoms with Gasteiger partial charge in [0.2, 0.25) is 5.91 Å². The van der Waals surface area contributed by atoms with E-state index in [0.717, 1.165) is 23.2 Å². The number of Topliss-reactive ketones (excluding diaryl/α,β-unsaturated/α-hetero) is 1. The second kappa shape index (κ2) is 9.00. The fourth-order valence-electron chi connectivity index (χ4n) is 4.63. The van der Waals surface area contributed by atoms with Gasteiger partial charge < -0.3 is 4.90 Å². The van der Waals surface area contributed by atoms with E-state index in [1.165, 1.54) is 16.8 Å². The molecule has 1 amide bonds. The highest BCUT2D eigenvalue weighted by atomic mass is 32.2. The topological polar surface area (TPSA) is 88.5 Å². The zero-order valence-corrected chi connectivity index (χ0v) is 21.6. The first-order valence-corrected chi connectivity index (χ1v) is 13.2. The van der Waals surface area contributed by atoms with Gasteiger partial charge in [0.15, 0.2) is 5.78 Å². The minimum Gasteiger partial charge on any atom is -0.312 e. The van der Waals surface area contributed by atoms with Crippen LogP contribution in [0, 0.1) is 6.92 Å². The van der Waals surface area contributed by atoms with E-state index in [2.05, 4.69) is 18.7 Å². The summed E-state index contributed by atoms with van der Waals surface area (Å²) in [6, 6.07) is 15.7. The molecule has 8 heteroatoms. The van der Waals surface area contributed by atoms with Crippen molar-refractivity contribution in [2.24, 2.45) is 0 Å². The van der Waals surface area contributed by atoms with Gasteiger partial charge in [-0.1, -0.05) is 45.0 Å². The van der Waals surface area contributed by atoms with Gasteiger partial charge in [0, 0.05) is 42.4 Å². The molecule has 7 nitrogen and oxygen atoms in total. The number of rotatable bonds is 6. The van der Waals surface area contributed by atoms with Crippen molar-refractivity contribution in [2.75, 3.05) is 16.3 Å². The van der Waals surface area contributed by atoms with E-state index >= 15 is 0 Å². The Balaban J connectivity index is 1.89. The number of hydrogen-bond donors (Lipinski definition) is 1. The van der Waals surface area contributed by atoms with Gasteiger partial charge in [0.25, 0.3) is 10.0 Å². The van der Waals surface area contributed by atoms with Crippen LogP contribution in [0.4, 0.5) is 5.69 Å². The lowest BCUT2D eigenvalue weighted by Gasteiger charge is -2.39. The second-order valence-electron chi connectivity index (χ2n) is 9.59. The molecule has 0 aliphatic carbocycles. The van der Waals surface area contributed by atoms with Gasteiger partial charge in [0.1, 0.15) is 0 Å². The van der Waals surface area contributed by atoms with Crippen LogP contribution < -0.4 is 9.73 Å². The molecule has 0 atom stereocenters. The van der Waals surface area contributed by atoms with Crippen molar-refractivity contribution in [1.82, 2.24) is 4.68 Å². The summed E-state index contributed by atoms with van der Waals surface area (Å²) < 4.78 is 27.8.